The average molecular weight is 409 g/mol. The van der Waals surface area contributed by atoms with Crippen LogP contribution in [0.3, 0.4) is 0 Å². The van der Waals surface area contributed by atoms with Crippen LogP contribution in [-0.4, -0.2) is 66.5 Å². The summed E-state index contributed by atoms with van der Waals surface area (Å²) in [6, 6.07) is 0. The van der Waals surface area contributed by atoms with Gasteiger partial charge in [0, 0.05) is 6.54 Å². The average Bonchev–Trinajstić information content (AvgIpc) is 2.69. The molecule has 2 atom stereocenters. The molecule has 13 heteroatoms. The van der Waals surface area contributed by atoms with Crippen LogP contribution in [-0.2, 0) is 13.7 Å². The van der Waals surface area contributed by atoms with E-state index in [2.05, 4.69) is 0 Å². The van der Waals surface area contributed by atoms with Crippen LogP contribution >= 0.6 is 22.8 Å². The molecule has 0 aromatic carbocycles. The second-order valence-electron chi connectivity index (χ2n) is 6.65. The number of nitrogens with zero attached hydrogens (tertiary/aromatic N) is 1. The zero-order chi connectivity index (χ0) is 18.8. The zero-order valence-electron chi connectivity index (χ0n) is 13.4. The number of hydrogen-bond acceptors (Lipinski definition) is 4. The van der Waals surface area contributed by atoms with Gasteiger partial charge >= 0.3 is 22.8 Å². The lowest BCUT2D eigenvalue weighted by atomic mass is 9.85. The van der Waals surface area contributed by atoms with Crippen molar-refractivity contribution in [2.45, 2.75) is 19.3 Å². The summed E-state index contributed by atoms with van der Waals surface area (Å²) in [6.07, 6.45) is 0.396. The topological polar surface area (TPSA) is 176 Å². The van der Waals surface area contributed by atoms with E-state index < -0.39 is 47.3 Å². The van der Waals surface area contributed by atoms with E-state index in [1.54, 1.807) is 0 Å². The number of hydrogen-bond donors (Lipinski definition) is 6. The van der Waals surface area contributed by atoms with Crippen LogP contribution in [0.4, 0.5) is 0 Å². The molecule has 0 spiro atoms. The molecule has 0 heterocycles. The van der Waals surface area contributed by atoms with Crippen LogP contribution < -0.4 is 0 Å². The van der Waals surface area contributed by atoms with E-state index in [0.29, 0.717) is 19.4 Å². The van der Waals surface area contributed by atoms with Gasteiger partial charge in [0.05, 0.1) is 12.3 Å². The monoisotopic (exact) mass is 409 g/mol. The molecule has 1 aliphatic rings. The molecule has 1 saturated carbocycles. The second-order valence-corrected chi connectivity index (χ2v) is 11.7. The minimum atomic E-state index is -4.44. The maximum atomic E-state index is 11.3. The Balaban J connectivity index is 2.85. The molecule has 10 nitrogen and oxygen atoms in total. The highest BCUT2D eigenvalue weighted by molar-refractivity contribution is 7.53. The Morgan fingerprint density at radius 3 is 1.83 bits per heavy atom. The Labute approximate surface area is 140 Å². The normalized spacial score (nSPS) is 23.4. The van der Waals surface area contributed by atoms with E-state index >= 15 is 0 Å². The van der Waals surface area contributed by atoms with Crippen molar-refractivity contribution >= 4 is 22.8 Å². The van der Waals surface area contributed by atoms with E-state index in [-0.39, 0.29) is 11.8 Å². The predicted molar refractivity (Wildman–Crippen MR) is 87.7 cm³/mol. The van der Waals surface area contributed by atoms with Gasteiger partial charge in [-0.2, -0.15) is 0 Å². The SMILES string of the molecule is CN(CC1CCCC1C(CP(=O)(O)O)CP(=O)(O)O)CP(=O)(O)O. The number of rotatable bonds is 9. The van der Waals surface area contributed by atoms with E-state index in [9.17, 15) is 33.3 Å². The molecule has 2 unspecified atom stereocenters. The molecule has 1 fully saturated rings. The van der Waals surface area contributed by atoms with Crippen LogP contribution in [0, 0.1) is 17.8 Å². The summed E-state index contributed by atoms with van der Waals surface area (Å²) >= 11 is 0. The molecular weight excluding hydrogens is 383 g/mol. The van der Waals surface area contributed by atoms with Gasteiger partial charge in [0.2, 0.25) is 0 Å². The Bertz CT molecular complexity index is 529. The summed E-state index contributed by atoms with van der Waals surface area (Å²) in [5.74, 6) is -1.25. The van der Waals surface area contributed by atoms with Crippen molar-refractivity contribution in [2.24, 2.45) is 17.8 Å². The molecule has 0 aliphatic heterocycles. The molecule has 144 valence electrons. The quantitative estimate of drug-likeness (QED) is 0.293. The van der Waals surface area contributed by atoms with Gasteiger partial charge in [-0.3, -0.25) is 18.6 Å². The fourth-order valence-electron chi connectivity index (χ4n) is 3.62. The first-order valence-electron chi connectivity index (χ1n) is 7.48. The highest BCUT2D eigenvalue weighted by atomic mass is 31.2. The molecule has 6 N–H and O–H groups in total. The van der Waals surface area contributed by atoms with Gasteiger partial charge in [0.1, 0.15) is 6.29 Å². The highest BCUT2D eigenvalue weighted by Gasteiger charge is 2.40. The van der Waals surface area contributed by atoms with Gasteiger partial charge in [-0.25, -0.2) is 0 Å². The van der Waals surface area contributed by atoms with Crippen LogP contribution in [0.1, 0.15) is 19.3 Å². The third kappa shape index (κ3) is 9.20. The molecule has 0 aromatic heterocycles. The van der Waals surface area contributed by atoms with Gasteiger partial charge < -0.3 is 29.4 Å². The molecule has 0 aromatic rings. The largest absolute Gasteiger partial charge is 0.339 e. The van der Waals surface area contributed by atoms with Crippen molar-refractivity contribution in [1.82, 2.24) is 4.90 Å². The zero-order valence-corrected chi connectivity index (χ0v) is 16.1. The molecule has 24 heavy (non-hydrogen) atoms. The Morgan fingerprint density at radius 1 is 0.917 bits per heavy atom. The van der Waals surface area contributed by atoms with Gasteiger partial charge in [-0.05, 0) is 37.6 Å². The lowest BCUT2D eigenvalue weighted by Crippen LogP contribution is -2.33. The summed E-state index contributed by atoms with van der Waals surface area (Å²) in [4.78, 5) is 56.3. The Morgan fingerprint density at radius 2 is 1.42 bits per heavy atom. The minimum Gasteiger partial charge on any atom is -0.324 e. The molecule has 0 radical (unpaired) electrons. The lowest BCUT2D eigenvalue weighted by Gasteiger charge is -2.31. The van der Waals surface area contributed by atoms with E-state index in [4.69, 9.17) is 9.79 Å². The summed E-state index contributed by atoms with van der Waals surface area (Å²) in [5.41, 5.74) is 0. The Kier molecular flexibility index (Phi) is 7.86. The van der Waals surface area contributed by atoms with Crippen molar-refractivity contribution in [2.75, 3.05) is 32.2 Å². The molecular formula is C11H26NO9P3. The lowest BCUT2D eigenvalue weighted by molar-refractivity contribution is 0.210. The maximum absolute atomic E-state index is 11.3. The first kappa shape index (κ1) is 22.5. The standard InChI is InChI=1S/C11H26NO9P3/c1-12(8-24(19,20)21)5-9-3-2-4-11(9)10(6-22(13,14)15)7-23(16,17)18/h9-11H,2-8H2,1H3,(H2,13,14,15)(H2,16,17,18)(H2,19,20,21). The molecule has 1 rings (SSSR count). The Hall–Kier alpha value is 0.410. The van der Waals surface area contributed by atoms with Crippen LogP contribution in [0.15, 0.2) is 0 Å². The molecule has 0 saturated heterocycles. The van der Waals surface area contributed by atoms with E-state index in [1.807, 2.05) is 0 Å². The summed E-state index contributed by atoms with van der Waals surface area (Å²) in [6.45, 7) is 0.300. The molecule has 0 amide bonds. The summed E-state index contributed by atoms with van der Waals surface area (Å²) in [7, 11) is -11.5. The first-order chi connectivity index (χ1) is 10.7. The fraction of sp³-hybridized carbons (Fsp3) is 1.00. The highest BCUT2D eigenvalue weighted by Crippen LogP contribution is 2.50. The smallest absolute Gasteiger partial charge is 0.324 e. The van der Waals surface area contributed by atoms with Crippen molar-refractivity contribution in [3.63, 3.8) is 0 Å². The van der Waals surface area contributed by atoms with E-state index in [1.165, 1.54) is 11.9 Å². The van der Waals surface area contributed by atoms with Gasteiger partial charge in [-0.1, -0.05) is 6.42 Å². The van der Waals surface area contributed by atoms with Crippen LogP contribution in [0.2, 0.25) is 0 Å². The molecule has 1 aliphatic carbocycles. The van der Waals surface area contributed by atoms with Gasteiger partial charge in [0.15, 0.2) is 0 Å². The minimum absolute atomic E-state index is 0.121. The van der Waals surface area contributed by atoms with E-state index in [0.717, 1.165) is 6.42 Å². The molecule has 0 bridgehead atoms. The van der Waals surface area contributed by atoms with Gasteiger partial charge in [0.25, 0.3) is 0 Å². The predicted octanol–water partition coefficient (Wildman–Crippen LogP) is 0.441. The van der Waals surface area contributed by atoms with Crippen molar-refractivity contribution < 1.29 is 43.1 Å². The third-order valence-corrected chi connectivity index (χ3v) is 6.98. The van der Waals surface area contributed by atoms with Crippen molar-refractivity contribution in [3.8, 4) is 0 Å². The van der Waals surface area contributed by atoms with Crippen molar-refractivity contribution in [3.05, 3.63) is 0 Å². The summed E-state index contributed by atoms with van der Waals surface area (Å²) in [5, 5.41) is 0. The second kappa shape index (κ2) is 8.40. The van der Waals surface area contributed by atoms with Crippen LogP contribution in [0.25, 0.3) is 0 Å². The van der Waals surface area contributed by atoms with Crippen molar-refractivity contribution in [1.29, 1.82) is 0 Å². The third-order valence-electron chi connectivity index (χ3n) is 4.24. The van der Waals surface area contributed by atoms with Crippen LogP contribution in [0.5, 0.6) is 0 Å². The fourth-order valence-corrected chi connectivity index (χ4v) is 6.59. The van der Waals surface area contributed by atoms with Gasteiger partial charge in [-0.15, -0.1) is 0 Å². The maximum Gasteiger partial charge on any atom is 0.339 e. The summed E-state index contributed by atoms with van der Waals surface area (Å²) < 4.78 is 33.7. The first-order valence-corrected chi connectivity index (χ1v) is 12.9.